The average molecular weight is 170 g/mol. The Hall–Kier alpha value is -0.120. The lowest BCUT2D eigenvalue weighted by Crippen LogP contribution is -2.43. The van der Waals surface area contributed by atoms with Crippen molar-refractivity contribution < 1.29 is 5.11 Å². The first-order valence-corrected chi connectivity index (χ1v) is 4.99. The lowest BCUT2D eigenvalue weighted by molar-refractivity contribution is 0.125. The first kappa shape index (κ1) is 8.48. The molecule has 2 N–H and O–H groups in total. The summed E-state index contributed by atoms with van der Waals surface area (Å²) in [6, 6.07) is 1.17. The first-order chi connectivity index (χ1) is 5.92. The average Bonchev–Trinajstić information content (AvgIpc) is 2.91. The van der Waals surface area contributed by atoms with E-state index in [9.17, 15) is 5.11 Å². The van der Waals surface area contributed by atoms with Crippen LogP contribution in [0.4, 0.5) is 0 Å². The number of aliphatic hydroxyl groups excluding tert-OH is 1. The van der Waals surface area contributed by atoms with Crippen LogP contribution in [-0.2, 0) is 0 Å². The number of rotatable bonds is 2. The van der Waals surface area contributed by atoms with Gasteiger partial charge in [0.25, 0.3) is 0 Å². The van der Waals surface area contributed by atoms with Crippen LogP contribution in [0.2, 0.25) is 0 Å². The molecule has 12 heavy (non-hydrogen) atoms. The van der Waals surface area contributed by atoms with E-state index in [2.05, 4.69) is 10.2 Å². The first-order valence-electron chi connectivity index (χ1n) is 4.99. The lowest BCUT2D eigenvalue weighted by Gasteiger charge is -2.27. The van der Waals surface area contributed by atoms with Crippen molar-refractivity contribution in [2.45, 2.75) is 31.3 Å². The summed E-state index contributed by atoms with van der Waals surface area (Å²) < 4.78 is 0. The minimum Gasteiger partial charge on any atom is -0.395 e. The van der Waals surface area contributed by atoms with Crippen molar-refractivity contribution in [3.63, 3.8) is 0 Å². The number of hydrogen-bond acceptors (Lipinski definition) is 3. The zero-order valence-corrected chi connectivity index (χ0v) is 7.50. The summed E-state index contributed by atoms with van der Waals surface area (Å²) >= 11 is 0. The third-order valence-electron chi connectivity index (χ3n) is 2.85. The Morgan fingerprint density at radius 2 is 2.25 bits per heavy atom. The molecule has 0 amide bonds. The van der Waals surface area contributed by atoms with Gasteiger partial charge in [-0.25, -0.2) is 0 Å². The summed E-state index contributed by atoms with van der Waals surface area (Å²) in [5.41, 5.74) is 0. The van der Waals surface area contributed by atoms with Gasteiger partial charge < -0.3 is 10.4 Å². The highest BCUT2D eigenvalue weighted by atomic mass is 16.3. The molecule has 3 heteroatoms. The van der Waals surface area contributed by atoms with Crippen molar-refractivity contribution in [1.29, 1.82) is 0 Å². The Labute approximate surface area is 73.8 Å². The van der Waals surface area contributed by atoms with E-state index in [1.54, 1.807) is 0 Å². The predicted octanol–water partition coefficient (Wildman–Crippen LogP) is -0.195. The van der Waals surface area contributed by atoms with Crippen molar-refractivity contribution in [3.8, 4) is 0 Å². The van der Waals surface area contributed by atoms with Crippen LogP contribution in [0, 0.1) is 0 Å². The molecule has 2 fully saturated rings. The minimum absolute atomic E-state index is 0.309. The Bertz CT molecular complexity index is 147. The van der Waals surface area contributed by atoms with E-state index < -0.39 is 0 Å². The van der Waals surface area contributed by atoms with Gasteiger partial charge in [-0.2, -0.15) is 0 Å². The molecular formula is C9H18N2O. The largest absolute Gasteiger partial charge is 0.395 e. The summed E-state index contributed by atoms with van der Waals surface area (Å²) in [7, 11) is 0. The highest BCUT2D eigenvalue weighted by Crippen LogP contribution is 2.28. The standard InChI is InChI=1S/C9H18N2O/c12-7-9-6-10-4-1-5-11(9)8-2-3-8/h8-10,12H,1-7H2. The summed E-state index contributed by atoms with van der Waals surface area (Å²) in [6.07, 6.45) is 3.92. The summed E-state index contributed by atoms with van der Waals surface area (Å²) in [5, 5.41) is 12.5. The second kappa shape index (κ2) is 3.73. The molecule has 1 saturated heterocycles. The summed E-state index contributed by atoms with van der Waals surface area (Å²) in [4.78, 5) is 2.49. The van der Waals surface area contributed by atoms with Crippen LogP contribution in [0.5, 0.6) is 0 Å². The van der Waals surface area contributed by atoms with Crippen LogP contribution in [0.1, 0.15) is 19.3 Å². The molecule has 1 aliphatic carbocycles. The van der Waals surface area contributed by atoms with Gasteiger partial charge in [-0.15, -0.1) is 0 Å². The molecule has 0 aromatic carbocycles. The van der Waals surface area contributed by atoms with Crippen molar-refractivity contribution in [2.24, 2.45) is 0 Å². The van der Waals surface area contributed by atoms with Crippen LogP contribution in [-0.4, -0.2) is 48.3 Å². The SMILES string of the molecule is OCC1CNCCCN1C1CC1. The van der Waals surface area contributed by atoms with Crippen LogP contribution >= 0.6 is 0 Å². The number of nitrogens with zero attached hydrogens (tertiary/aromatic N) is 1. The Kier molecular flexibility index (Phi) is 2.63. The quantitative estimate of drug-likeness (QED) is 0.603. The highest BCUT2D eigenvalue weighted by Gasteiger charge is 2.33. The fourth-order valence-corrected chi connectivity index (χ4v) is 2.01. The number of aliphatic hydroxyl groups is 1. The Morgan fingerprint density at radius 1 is 1.42 bits per heavy atom. The van der Waals surface area contributed by atoms with Crippen molar-refractivity contribution in [3.05, 3.63) is 0 Å². The van der Waals surface area contributed by atoms with Crippen LogP contribution < -0.4 is 5.32 Å². The second-order valence-electron chi connectivity index (χ2n) is 3.86. The number of hydrogen-bond donors (Lipinski definition) is 2. The molecule has 2 aliphatic rings. The molecule has 0 aromatic rings. The molecule has 3 nitrogen and oxygen atoms in total. The topological polar surface area (TPSA) is 35.5 Å². The molecule has 1 saturated carbocycles. The molecule has 1 heterocycles. The van der Waals surface area contributed by atoms with Crippen molar-refractivity contribution in [2.75, 3.05) is 26.2 Å². The Balaban J connectivity index is 1.93. The zero-order chi connectivity index (χ0) is 8.39. The summed E-state index contributed by atoms with van der Waals surface area (Å²) in [5.74, 6) is 0. The Morgan fingerprint density at radius 3 is 2.92 bits per heavy atom. The van der Waals surface area contributed by atoms with E-state index in [4.69, 9.17) is 0 Å². The minimum atomic E-state index is 0.309. The highest BCUT2D eigenvalue weighted by molar-refractivity contribution is 4.90. The van der Waals surface area contributed by atoms with Gasteiger partial charge in [0.15, 0.2) is 0 Å². The predicted molar refractivity (Wildman–Crippen MR) is 48.1 cm³/mol. The van der Waals surface area contributed by atoms with Gasteiger partial charge in [0.2, 0.25) is 0 Å². The molecule has 0 spiro atoms. The van der Waals surface area contributed by atoms with Crippen molar-refractivity contribution >= 4 is 0 Å². The maximum Gasteiger partial charge on any atom is 0.0599 e. The smallest absolute Gasteiger partial charge is 0.0599 e. The van der Waals surface area contributed by atoms with Crippen LogP contribution in [0.25, 0.3) is 0 Å². The second-order valence-corrected chi connectivity index (χ2v) is 3.86. The van der Waals surface area contributed by atoms with Gasteiger partial charge in [-0.3, -0.25) is 4.90 Å². The van der Waals surface area contributed by atoms with E-state index in [1.807, 2.05) is 0 Å². The maximum atomic E-state index is 9.18. The van der Waals surface area contributed by atoms with E-state index >= 15 is 0 Å². The summed E-state index contributed by atoms with van der Waals surface area (Å²) in [6.45, 7) is 3.55. The molecule has 70 valence electrons. The van der Waals surface area contributed by atoms with Gasteiger partial charge in [-0.05, 0) is 25.8 Å². The van der Waals surface area contributed by atoms with Crippen LogP contribution in [0.3, 0.4) is 0 Å². The zero-order valence-electron chi connectivity index (χ0n) is 7.50. The van der Waals surface area contributed by atoms with Gasteiger partial charge in [0.05, 0.1) is 6.61 Å². The molecule has 1 unspecified atom stereocenters. The van der Waals surface area contributed by atoms with Crippen LogP contribution in [0.15, 0.2) is 0 Å². The molecule has 0 bridgehead atoms. The van der Waals surface area contributed by atoms with Gasteiger partial charge >= 0.3 is 0 Å². The maximum absolute atomic E-state index is 9.18. The third-order valence-corrected chi connectivity index (χ3v) is 2.85. The fourth-order valence-electron chi connectivity index (χ4n) is 2.01. The third kappa shape index (κ3) is 1.79. The van der Waals surface area contributed by atoms with Gasteiger partial charge in [0, 0.05) is 25.2 Å². The van der Waals surface area contributed by atoms with Gasteiger partial charge in [-0.1, -0.05) is 0 Å². The monoisotopic (exact) mass is 170 g/mol. The fraction of sp³-hybridized carbons (Fsp3) is 1.00. The number of nitrogens with one attached hydrogen (secondary N) is 1. The van der Waals surface area contributed by atoms with E-state index in [0.29, 0.717) is 12.6 Å². The molecular weight excluding hydrogens is 152 g/mol. The molecule has 0 radical (unpaired) electrons. The van der Waals surface area contributed by atoms with E-state index in [0.717, 1.165) is 19.1 Å². The molecule has 1 atom stereocenters. The molecule has 1 aliphatic heterocycles. The normalized spacial score (nSPS) is 33.2. The van der Waals surface area contributed by atoms with E-state index in [-0.39, 0.29) is 0 Å². The van der Waals surface area contributed by atoms with Gasteiger partial charge in [0.1, 0.15) is 0 Å². The molecule has 0 aromatic heterocycles. The van der Waals surface area contributed by atoms with Crippen molar-refractivity contribution in [1.82, 2.24) is 10.2 Å². The van der Waals surface area contributed by atoms with E-state index in [1.165, 1.54) is 25.8 Å². The molecule has 2 rings (SSSR count). The lowest BCUT2D eigenvalue weighted by atomic mass is 10.2.